The first-order valence-corrected chi connectivity index (χ1v) is 13.0. The minimum absolute atomic E-state index is 0.0144. The third-order valence-corrected chi connectivity index (χ3v) is 5.63. The molecule has 42 heavy (non-hydrogen) atoms. The lowest BCUT2D eigenvalue weighted by Crippen LogP contribution is -2.17. The van der Waals surface area contributed by atoms with Crippen molar-refractivity contribution < 1.29 is 42.9 Å². The molecule has 0 amide bonds. The summed E-state index contributed by atoms with van der Waals surface area (Å²) < 4.78 is 26.8. The van der Waals surface area contributed by atoms with Gasteiger partial charge >= 0.3 is 17.9 Å². The molecule has 0 unspecified atom stereocenters. The number of ketones is 1. The van der Waals surface area contributed by atoms with Crippen molar-refractivity contribution in [2.75, 3.05) is 26.4 Å². The molecule has 0 saturated carbocycles. The zero-order valence-corrected chi connectivity index (χ0v) is 23.8. The molecule has 0 bridgehead atoms. The Morgan fingerprint density at radius 2 is 1.07 bits per heavy atom. The Labute approximate surface area is 244 Å². The van der Waals surface area contributed by atoms with E-state index in [1.165, 1.54) is 0 Å². The lowest BCUT2D eigenvalue weighted by atomic mass is 9.98. The van der Waals surface area contributed by atoms with Crippen LogP contribution in [0.15, 0.2) is 91.0 Å². The van der Waals surface area contributed by atoms with Crippen molar-refractivity contribution in [2.45, 2.75) is 20.8 Å². The molecular formula is C33H32O9. The third-order valence-electron chi connectivity index (χ3n) is 5.63. The van der Waals surface area contributed by atoms with Gasteiger partial charge in [0, 0.05) is 24.1 Å². The van der Waals surface area contributed by atoms with Crippen LogP contribution in [-0.4, -0.2) is 50.1 Å². The lowest BCUT2D eigenvalue weighted by Gasteiger charge is -2.14. The first kappa shape index (κ1) is 31.3. The van der Waals surface area contributed by atoms with Crippen LogP contribution < -0.4 is 14.2 Å². The molecule has 0 radical (unpaired) electrons. The van der Waals surface area contributed by atoms with Gasteiger partial charge in [0.2, 0.25) is 5.78 Å². The van der Waals surface area contributed by atoms with Crippen molar-refractivity contribution in [3.05, 3.63) is 91.0 Å². The van der Waals surface area contributed by atoms with Crippen LogP contribution in [0, 0.1) is 0 Å². The highest BCUT2D eigenvalue weighted by atomic mass is 16.6. The molecule has 9 heteroatoms. The second-order valence-electron chi connectivity index (χ2n) is 9.27. The predicted octanol–water partition coefficient (Wildman–Crippen LogP) is 5.51. The molecule has 3 aromatic carbocycles. The Hall–Kier alpha value is -5.18. The average Bonchev–Trinajstić information content (AvgIpc) is 2.97. The Bertz CT molecular complexity index is 1430. The van der Waals surface area contributed by atoms with Crippen LogP contribution in [0.5, 0.6) is 17.2 Å². The molecule has 0 aliphatic rings. The van der Waals surface area contributed by atoms with Crippen molar-refractivity contribution in [3.63, 3.8) is 0 Å². The summed E-state index contributed by atoms with van der Waals surface area (Å²) in [6, 6.07) is 20.2. The van der Waals surface area contributed by atoms with Gasteiger partial charge in [0.25, 0.3) is 0 Å². The van der Waals surface area contributed by atoms with Crippen molar-refractivity contribution in [3.8, 4) is 39.5 Å². The monoisotopic (exact) mass is 572 g/mol. The Morgan fingerprint density at radius 1 is 0.548 bits per heavy atom. The molecule has 0 aliphatic heterocycles. The molecule has 0 aromatic heterocycles. The van der Waals surface area contributed by atoms with E-state index in [-0.39, 0.29) is 26.4 Å². The van der Waals surface area contributed by atoms with Crippen molar-refractivity contribution >= 4 is 23.7 Å². The molecule has 218 valence electrons. The van der Waals surface area contributed by atoms with Gasteiger partial charge in [-0.25, -0.2) is 14.4 Å². The van der Waals surface area contributed by atoms with Gasteiger partial charge in [0.15, 0.2) is 0 Å². The van der Waals surface area contributed by atoms with E-state index in [4.69, 9.17) is 23.7 Å². The zero-order valence-electron chi connectivity index (χ0n) is 23.8. The van der Waals surface area contributed by atoms with Gasteiger partial charge < -0.3 is 23.7 Å². The number of carbonyl (C=O) groups is 4. The first-order valence-electron chi connectivity index (χ1n) is 13.0. The van der Waals surface area contributed by atoms with E-state index in [0.29, 0.717) is 28.4 Å². The summed E-state index contributed by atoms with van der Waals surface area (Å²) in [7, 11) is 0. The van der Waals surface area contributed by atoms with Crippen molar-refractivity contribution in [2.24, 2.45) is 0 Å². The van der Waals surface area contributed by atoms with Gasteiger partial charge in [0.05, 0.1) is 0 Å². The lowest BCUT2D eigenvalue weighted by molar-refractivity contribution is -0.153. The van der Waals surface area contributed by atoms with Gasteiger partial charge in [-0.2, -0.15) is 0 Å². The zero-order chi connectivity index (χ0) is 30.6. The highest BCUT2D eigenvalue weighted by Crippen LogP contribution is 2.33. The van der Waals surface area contributed by atoms with Crippen LogP contribution in [0.25, 0.3) is 22.3 Å². The maximum Gasteiger partial charge on any atom is 0.374 e. The second-order valence-corrected chi connectivity index (χ2v) is 9.27. The van der Waals surface area contributed by atoms with Gasteiger partial charge in [0.1, 0.15) is 43.7 Å². The van der Waals surface area contributed by atoms with E-state index < -0.39 is 23.7 Å². The topological polar surface area (TPSA) is 114 Å². The summed E-state index contributed by atoms with van der Waals surface area (Å²) >= 11 is 0. The number of rotatable bonds is 14. The molecule has 0 N–H and O–H groups in total. The molecule has 0 aliphatic carbocycles. The van der Waals surface area contributed by atoms with E-state index in [1.54, 1.807) is 38.1 Å². The fourth-order valence-corrected chi connectivity index (χ4v) is 3.51. The second kappa shape index (κ2) is 15.0. The highest BCUT2D eigenvalue weighted by molar-refractivity contribution is 6.32. The van der Waals surface area contributed by atoms with Crippen LogP contribution in [0.4, 0.5) is 0 Å². The Balaban J connectivity index is 1.80. The summed E-state index contributed by atoms with van der Waals surface area (Å²) in [5, 5.41) is 0. The Morgan fingerprint density at radius 3 is 1.60 bits per heavy atom. The van der Waals surface area contributed by atoms with Crippen LogP contribution in [0.1, 0.15) is 20.8 Å². The molecule has 0 heterocycles. The normalized spacial score (nSPS) is 10.3. The summed E-state index contributed by atoms with van der Waals surface area (Å²) in [4.78, 5) is 45.9. The minimum Gasteiger partial charge on any atom is -0.490 e. The van der Waals surface area contributed by atoms with E-state index in [9.17, 15) is 19.2 Å². The molecular weight excluding hydrogens is 540 g/mol. The van der Waals surface area contributed by atoms with Crippen LogP contribution in [-0.2, 0) is 28.7 Å². The highest BCUT2D eigenvalue weighted by Gasteiger charge is 2.11. The average molecular weight is 573 g/mol. The number of hydrogen-bond acceptors (Lipinski definition) is 9. The largest absolute Gasteiger partial charge is 0.490 e. The predicted molar refractivity (Wildman–Crippen MR) is 156 cm³/mol. The fraction of sp³-hybridized carbons (Fsp3) is 0.212. The third kappa shape index (κ3) is 9.48. The smallest absolute Gasteiger partial charge is 0.374 e. The van der Waals surface area contributed by atoms with Crippen molar-refractivity contribution in [1.82, 2.24) is 0 Å². The SMILES string of the molecule is C=C(C)C(=O)OCCOc1cc(OCCOC(=O)C(C)=O)cc(-c2cccc(-c3ccc(OC(=O)C(=C)C)cc3)c2)c1. The van der Waals surface area contributed by atoms with Gasteiger partial charge in [-0.15, -0.1) is 0 Å². The molecule has 3 rings (SSSR count). The maximum absolute atomic E-state index is 11.8. The summed E-state index contributed by atoms with van der Waals surface area (Å²) in [5.41, 5.74) is 4.06. The minimum atomic E-state index is -0.931. The van der Waals surface area contributed by atoms with Crippen LogP contribution >= 0.6 is 0 Å². The number of ether oxygens (including phenoxy) is 5. The van der Waals surface area contributed by atoms with Crippen LogP contribution in [0.2, 0.25) is 0 Å². The van der Waals surface area contributed by atoms with E-state index in [1.807, 2.05) is 42.5 Å². The van der Waals surface area contributed by atoms with E-state index in [2.05, 4.69) is 13.2 Å². The first-order chi connectivity index (χ1) is 20.0. The standard InChI is InChI=1S/C33H32O9/c1-21(2)31(35)40-15-13-38-29-18-27(19-30(20-29)39-14-16-41-33(37)23(5)34)26-8-6-7-25(17-26)24-9-11-28(12-10-24)42-32(36)22(3)4/h6-12,17-20H,1,3,13-16H2,2,4-5H3. The number of Topliss-reactive ketones (excluding diaryl/α,β-unsaturated/α-hetero) is 1. The van der Waals surface area contributed by atoms with E-state index in [0.717, 1.165) is 29.2 Å². The molecule has 0 spiro atoms. The molecule has 0 atom stereocenters. The maximum atomic E-state index is 11.8. The van der Waals surface area contributed by atoms with Crippen LogP contribution in [0.3, 0.4) is 0 Å². The summed E-state index contributed by atoms with van der Waals surface area (Å²) in [5.74, 6) is -1.30. The summed E-state index contributed by atoms with van der Waals surface area (Å²) in [6.07, 6.45) is 0. The number of carbonyl (C=O) groups excluding carboxylic acids is 4. The molecule has 9 nitrogen and oxygen atoms in total. The quantitative estimate of drug-likeness (QED) is 0.0811. The molecule has 3 aromatic rings. The van der Waals surface area contributed by atoms with Gasteiger partial charge in [-0.1, -0.05) is 43.5 Å². The molecule has 0 saturated heterocycles. The molecule has 0 fully saturated rings. The van der Waals surface area contributed by atoms with Crippen molar-refractivity contribution in [1.29, 1.82) is 0 Å². The fourth-order valence-electron chi connectivity index (χ4n) is 3.51. The van der Waals surface area contributed by atoms with Gasteiger partial charge in [-0.05, 0) is 66.4 Å². The number of hydrogen-bond donors (Lipinski definition) is 0. The van der Waals surface area contributed by atoms with E-state index >= 15 is 0 Å². The van der Waals surface area contributed by atoms with Gasteiger partial charge in [-0.3, -0.25) is 4.79 Å². The summed E-state index contributed by atoms with van der Waals surface area (Å²) in [6.45, 7) is 11.4. The Kier molecular flexibility index (Phi) is 11.2. The number of esters is 3. The number of benzene rings is 3.